The molecule has 16 heteroatoms. The van der Waals surface area contributed by atoms with Gasteiger partial charge in [0.1, 0.15) is 11.6 Å². The van der Waals surface area contributed by atoms with Crippen LogP contribution < -0.4 is 0 Å². The summed E-state index contributed by atoms with van der Waals surface area (Å²) in [7, 11) is 0. The molecule has 0 radical (unpaired) electrons. The van der Waals surface area contributed by atoms with Crippen molar-refractivity contribution in [2.75, 3.05) is 0 Å². The summed E-state index contributed by atoms with van der Waals surface area (Å²) in [4.78, 5) is 35.6. The molecule has 0 atom stereocenters. The lowest BCUT2D eigenvalue weighted by Gasteiger charge is -2.21. The normalized spacial score (nSPS) is 11.5. The fraction of sp³-hybridized carbons (Fsp3) is 0. The minimum Gasteiger partial charge on any atom is -0.308 e. The van der Waals surface area contributed by atoms with E-state index in [0.717, 1.165) is 0 Å². The monoisotopic (exact) mass is 911 g/mol. The SMILES string of the molecule is N#Cc1c(-n2c3ccc(-c4ncccn4)cc3c3cc(-c4ncccn4)ccc32)ccc(-c2c(F)c(F)c(F)c(F)c2F)c1-n1c2ccc(-c3ncccn3)cc2c2cc(-c3ncccn3)ccc21. The maximum absolute atomic E-state index is 16.3. The smallest absolute Gasteiger partial charge is 0.200 e. The molecule has 0 amide bonds. The molecule has 12 aromatic rings. The van der Waals surface area contributed by atoms with Gasteiger partial charge in [-0.05, 0) is 109 Å². The molecule has 0 spiro atoms. The zero-order valence-corrected chi connectivity index (χ0v) is 35.3. The summed E-state index contributed by atoms with van der Waals surface area (Å²) in [5, 5.41) is 14.2. The Morgan fingerprint density at radius 1 is 0.377 bits per heavy atom. The van der Waals surface area contributed by atoms with Gasteiger partial charge in [0.25, 0.3) is 0 Å². The fourth-order valence-corrected chi connectivity index (χ4v) is 9.05. The van der Waals surface area contributed by atoms with Gasteiger partial charge in [-0.2, -0.15) is 5.26 Å². The molecule has 0 N–H and O–H groups in total. The molecule has 0 aliphatic carbocycles. The minimum absolute atomic E-state index is 0.161. The van der Waals surface area contributed by atoms with Gasteiger partial charge in [-0.3, -0.25) is 0 Å². The number of nitriles is 1. The molecule has 6 heterocycles. The largest absolute Gasteiger partial charge is 0.308 e. The van der Waals surface area contributed by atoms with Crippen molar-refractivity contribution in [3.05, 3.63) is 193 Å². The Hall–Kier alpha value is -9.62. The molecule has 0 saturated heterocycles. The summed E-state index contributed by atoms with van der Waals surface area (Å²) in [6, 6.07) is 33.6. The van der Waals surface area contributed by atoms with E-state index >= 15 is 17.6 Å². The Morgan fingerprint density at radius 2 is 0.696 bits per heavy atom. The van der Waals surface area contributed by atoms with Crippen LogP contribution in [0.4, 0.5) is 22.0 Å². The van der Waals surface area contributed by atoms with E-state index in [1.54, 1.807) is 103 Å². The van der Waals surface area contributed by atoms with Gasteiger partial charge in [-0.25, -0.2) is 61.8 Å². The van der Waals surface area contributed by atoms with Crippen LogP contribution >= 0.6 is 0 Å². The van der Waals surface area contributed by atoms with Gasteiger partial charge in [0.15, 0.2) is 46.6 Å². The molecule has 69 heavy (non-hydrogen) atoms. The second-order valence-corrected chi connectivity index (χ2v) is 15.8. The summed E-state index contributed by atoms with van der Waals surface area (Å²) in [6.07, 6.45) is 12.9. The molecule has 0 aliphatic heterocycles. The molecular formula is C53H26F5N11. The average Bonchev–Trinajstić information content (AvgIpc) is 3.91. The molecule has 12 rings (SSSR count). The van der Waals surface area contributed by atoms with Crippen molar-refractivity contribution < 1.29 is 22.0 Å². The van der Waals surface area contributed by atoms with Crippen molar-refractivity contribution in [3.63, 3.8) is 0 Å². The van der Waals surface area contributed by atoms with Crippen LogP contribution in [0, 0.1) is 40.4 Å². The third kappa shape index (κ3) is 6.47. The number of halogens is 5. The highest BCUT2D eigenvalue weighted by molar-refractivity contribution is 6.14. The average molecular weight is 912 g/mol. The Bertz CT molecular complexity index is 3860. The molecule has 6 aromatic carbocycles. The highest BCUT2D eigenvalue weighted by Gasteiger charge is 2.32. The summed E-state index contributed by atoms with van der Waals surface area (Å²) in [5.74, 6) is -9.01. The third-order valence-corrected chi connectivity index (χ3v) is 12.0. The van der Waals surface area contributed by atoms with Crippen LogP contribution in [0.2, 0.25) is 0 Å². The second-order valence-electron chi connectivity index (χ2n) is 15.8. The van der Waals surface area contributed by atoms with E-state index in [-0.39, 0.29) is 16.9 Å². The number of fused-ring (bicyclic) bond motifs is 6. The van der Waals surface area contributed by atoms with Crippen LogP contribution in [0.25, 0.3) is 112 Å². The molecule has 0 bridgehead atoms. The minimum atomic E-state index is -2.32. The van der Waals surface area contributed by atoms with Crippen molar-refractivity contribution in [1.82, 2.24) is 49.0 Å². The second kappa shape index (κ2) is 16.1. The molecular weight excluding hydrogens is 886 g/mol. The van der Waals surface area contributed by atoms with Gasteiger partial charge in [0, 0.05) is 98.9 Å². The lowest BCUT2D eigenvalue weighted by molar-refractivity contribution is 0.381. The Morgan fingerprint density at radius 3 is 1.03 bits per heavy atom. The Balaban J connectivity index is 1.22. The number of hydrogen-bond donors (Lipinski definition) is 0. The van der Waals surface area contributed by atoms with E-state index in [9.17, 15) is 9.65 Å². The van der Waals surface area contributed by atoms with Gasteiger partial charge in [0.05, 0.1) is 39.0 Å². The van der Waals surface area contributed by atoms with E-state index in [1.165, 1.54) is 12.1 Å². The number of hydrogen-bond acceptors (Lipinski definition) is 9. The molecule has 6 aromatic heterocycles. The molecule has 0 aliphatic rings. The van der Waals surface area contributed by atoms with Crippen LogP contribution in [0.1, 0.15) is 5.56 Å². The van der Waals surface area contributed by atoms with E-state index in [2.05, 4.69) is 45.9 Å². The van der Waals surface area contributed by atoms with Gasteiger partial charge in [0.2, 0.25) is 5.82 Å². The van der Waals surface area contributed by atoms with Crippen LogP contribution in [-0.4, -0.2) is 49.0 Å². The highest BCUT2D eigenvalue weighted by atomic mass is 19.2. The quantitative estimate of drug-likeness (QED) is 0.0869. The first-order valence-corrected chi connectivity index (χ1v) is 21.1. The summed E-state index contributed by atoms with van der Waals surface area (Å²) < 4.78 is 81.6. The lowest BCUT2D eigenvalue weighted by atomic mass is 9.96. The lowest BCUT2D eigenvalue weighted by Crippen LogP contribution is -2.10. The zero-order chi connectivity index (χ0) is 46.9. The topological polar surface area (TPSA) is 137 Å². The van der Waals surface area contributed by atoms with E-state index in [1.807, 2.05) is 53.1 Å². The molecule has 328 valence electrons. The third-order valence-electron chi connectivity index (χ3n) is 12.0. The van der Waals surface area contributed by atoms with Crippen LogP contribution in [-0.2, 0) is 0 Å². The molecule has 0 unspecified atom stereocenters. The van der Waals surface area contributed by atoms with Gasteiger partial charge in [-0.15, -0.1) is 0 Å². The Labute approximate surface area is 386 Å². The molecule has 0 fully saturated rings. The number of nitrogens with zero attached hydrogens (tertiary/aromatic N) is 11. The Kier molecular flexibility index (Phi) is 9.51. The van der Waals surface area contributed by atoms with Gasteiger partial charge in [-0.1, -0.05) is 0 Å². The predicted molar refractivity (Wildman–Crippen MR) is 249 cm³/mol. The summed E-state index contributed by atoms with van der Waals surface area (Å²) >= 11 is 0. The molecule has 0 saturated carbocycles. The van der Waals surface area contributed by atoms with Crippen molar-refractivity contribution in [2.24, 2.45) is 0 Å². The zero-order valence-electron chi connectivity index (χ0n) is 35.3. The first-order chi connectivity index (χ1) is 33.8. The predicted octanol–water partition coefficient (Wildman–Crippen LogP) is 11.9. The highest BCUT2D eigenvalue weighted by Crippen LogP contribution is 2.45. The number of aromatic nitrogens is 10. The van der Waals surface area contributed by atoms with Gasteiger partial charge >= 0.3 is 0 Å². The van der Waals surface area contributed by atoms with Crippen LogP contribution in [0.15, 0.2) is 159 Å². The van der Waals surface area contributed by atoms with Gasteiger partial charge < -0.3 is 9.13 Å². The summed E-state index contributed by atoms with van der Waals surface area (Å²) in [5.41, 5.74) is 2.89. The van der Waals surface area contributed by atoms with E-state index < -0.39 is 40.2 Å². The maximum atomic E-state index is 16.3. The standard InChI is InChI=1S/C53H26F5N11/c54-44-43(45(55)47(57)48(58)46(44)56)32-9-14-42(68-38-10-5-28(50-60-15-1-16-61-50)23-33(38)34-24-29(6-11-39(34)68)51-62-17-2-18-63-51)37(27-59)49(32)69-40-12-7-30(52-64-19-3-20-65-52)25-35(40)36-26-31(8-13-41(36)69)53-66-21-4-22-67-53/h1-26H. The first-order valence-electron chi connectivity index (χ1n) is 21.1. The number of rotatable bonds is 7. The van der Waals surface area contributed by atoms with Crippen molar-refractivity contribution in [2.45, 2.75) is 0 Å². The first kappa shape index (κ1) is 40.9. The van der Waals surface area contributed by atoms with E-state index in [0.29, 0.717) is 89.2 Å². The summed E-state index contributed by atoms with van der Waals surface area (Å²) in [6.45, 7) is 0. The number of benzene rings is 6. The van der Waals surface area contributed by atoms with Crippen LogP contribution in [0.3, 0.4) is 0 Å². The van der Waals surface area contributed by atoms with Crippen LogP contribution in [0.5, 0.6) is 0 Å². The maximum Gasteiger partial charge on any atom is 0.200 e. The van der Waals surface area contributed by atoms with Crippen molar-refractivity contribution in [1.29, 1.82) is 5.26 Å². The fourth-order valence-electron chi connectivity index (χ4n) is 9.05. The molecule has 11 nitrogen and oxygen atoms in total. The van der Waals surface area contributed by atoms with Crippen molar-refractivity contribution >= 4 is 43.6 Å². The van der Waals surface area contributed by atoms with Crippen molar-refractivity contribution in [3.8, 4) is 74.1 Å². The van der Waals surface area contributed by atoms with E-state index in [4.69, 9.17) is 0 Å².